The number of hydrogen-bond donors (Lipinski definition) is 1. The van der Waals surface area contributed by atoms with Crippen LogP contribution in [0, 0.1) is 16.7 Å². The van der Waals surface area contributed by atoms with Crippen LogP contribution < -0.4 is 0 Å². The molecule has 1 N–H and O–H groups in total. The molecule has 1 rings (SSSR count). The van der Waals surface area contributed by atoms with Gasteiger partial charge in [0.25, 0.3) is 0 Å². The van der Waals surface area contributed by atoms with Gasteiger partial charge in [-0.25, -0.2) is 0 Å². The number of carbonyl (C=O) groups excluding carboxylic acids is 1. The third-order valence-corrected chi connectivity index (χ3v) is 5.22. The smallest absolute Gasteiger partial charge is 0.309 e. The van der Waals surface area contributed by atoms with E-state index >= 15 is 0 Å². The van der Waals surface area contributed by atoms with Crippen LogP contribution in [0.15, 0.2) is 0 Å². The van der Waals surface area contributed by atoms with Gasteiger partial charge in [-0.05, 0) is 44.4 Å². The Bertz CT molecular complexity index is 377. The summed E-state index contributed by atoms with van der Waals surface area (Å²) >= 11 is 0. The predicted molar refractivity (Wildman–Crippen MR) is 78.9 cm³/mol. The third kappa shape index (κ3) is 3.76. The lowest BCUT2D eigenvalue weighted by Gasteiger charge is -2.37. The van der Waals surface area contributed by atoms with Crippen molar-refractivity contribution in [2.45, 2.75) is 52.9 Å². The van der Waals surface area contributed by atoms with Crippen molar-refractivity contribution in [3.05, 3.63) is 0 Å². The average Bonchev–Trinajstić information content (AvgIpc) is 2.66. The van der Waals surface area contributed by atoms with Gasteiger partial charge >= 0.3 is 11.9 Å². The van der Waals surface area contributed by atoms with Crippen LogP contribution in [0.3, 0.4) is 0 Å². The van der Waals surface area contributed by atoms with E-state index in [1.54, 1.807) is 14.0 Å². The second-order valence-electron chi connectivity index (χ2n) is 6.67. The molecule has 122 valence electrons. The highest BCUT2D eigenvalue weighted by molar-refractivity contribution is 5.80. The maximum Gasteiger partial charge on any atom is 0.309 e. The van der Waals surface area contributed by atoms with Crippen molar-refractivity contribution in [3.63, 3.8) is 0 Å². The first-order valence-corrected chi connectivity index (χ1v) is 7.66. The second kappa shape index (κ2) is 7.25. The van der Waals surface area contributed by atoms with Crippen LogP contribution in [0.25, 0.3) is 0 Å². The van der Waals surface area contributed by atoms with E-state index in [9.17, 15) is 14.7 Å². The Morgan fingerprint density at radius 2 is 1.76 bits per heavy atom. The van der Waals surface area contributed by atoms with Crippen molar-refractivity contribution in [3.8, 4) is 0 Å². The minimum atomic E-state index is -0.866. The monoisotopic (exact) mass is 300 g/mol. The fourth-order valence-electron chi connectivity index (χ4n) is 3.09. The van der Waals surface area contributed by atoms with Crippen molar-refractivity contribution in [1.82, 2.24) is 0 Å². The molecule has 0 aromatic heterocycles. The summed E-state index contributed by atoms with van der Waals surface area (Å²) in [6, 6.07) is 0. The first-order valence-electron chi connectivity index (χ1n) is 7.66. The Kier molecular flexibility index (Phi) is 6.20. The number of carboxylic acid groups (broad SMARTS) is 1. The molecule has 0 aromatic rings. The minimum absolute atomic E-state index is 0.253. The van der Waals surface area contributed by atoms with Crippen LogP contribution in [-0.2, 0) is 19.1 Å². The van der Waals surface area contributed by atoms with Gasteiger partial charge in [-0.15, -0.1) is 0 Å². The molecule has 0 bridgehead atoms. The molecule has 0 spiro atoms. The van der Waals surface area contributed by atoms with E-state index in [0.29, 0.717) is 19.4 Å². The third-order valence-electron chi connectivity index (χ3n) is 5.22. The summed E-state index contributed by atoms with van der Waals surface area (Å²) in [7, 11) is 1.67. The fourth-order valence-corrected chi connectivity index (χ4v) is 3.09. The lowest BCUT2D eigenvalue weighted by molar-refractivity contribution is -0.160. The summed E-state index contributed by atoms with van der Waals surface area (Å²) in [5.74, 6) is -1.42. The van der Waals surface area contributed by atoms with E-state index in [1.165, 1.54) is 0 Å². The van der Waals surface area contributed by atoms with Crippen LogP contribution >= 0.6 is 0 Å². The number of carboxylic acids is 1. The summed E-state index contributed by atoms with van der Waals surface area (Å²) in [5, 5.41) is 9.44. The van der Waals surface area contributed by atoms with Gasteiger partial charge in [-0.2, -0.15) is 0 Å². The predicted octanol–water partition coefficient (Wildman–Crippen LogP) is 2.87. The molecule has 0 radical (unpaired) electrons. The van der Waals surface area contributed by atoms with Crippen LogP contribution in [0.4, 0.5) is 0 Å². The number of hydrogen-bond acceptors (Lipinski definition) is 4. The number of rotatable bonds is 8. The molecule has 0 unspecified atom stereocenters. The first-order chi connectivity index (χ1) is 9.77. The van der Waals surface area contributed by atoms with E-state index in [4.69, 9.17) is 9.47 Å². The van der Waals surface area contributed by atoms with Crippen molar-refractivity contribution >= 4 is 11.9 Å². The molecule has 2 atom stereocenters. The molecule has 0 heterocycles. The number of carbonyl (C=O) groups is 2. The largest absolute Gasteiger partial charge is 0.481 e. The standard InChI is InChI=1S/C16H28O5/c1-15(2)12(8-9-16(15,3)14(18)19)13(17)21-11-7-5-6-10-20-4/h12H,5-11H2,1-4H3,(H,18,19)/t12-,16+/m1/s1. The van der Waals surface area contributed by atoms with Gasteiger partial charge in [0.15, 0.2) is 0 Å². The molecule has 1 aliphatic rings. The van der Waals surface area contributed by atoms with Gasteiger partial charge in [0.05, 0.1) is 17.9 Å². The summed E-state index contributed by atoms with van der Waals surface area (Å²) in [6.07, 6.45) is 3.84. The van der Waals surface area contributed by atoms with Crippen molar-refractivity contribution in [1.29, 1.82) is 0 Å². The number of aliphatic carboxylic acids is 1. The lowest BCUT2D eigenvalue weighted by atomic mass is 9.66. The van der Waals surface area contributed by atoms with Crippen LogP contribution in [-0.4, -0.2) is 37.4 Å². The van der Waals surface area contributed by atoms with E-state index in [2.05, 4.69) is 0 Å². The van der Waals surface area contributed by atoms with Gasteiger partial charge in [0.2, 0.25) is 0 Å². The fraction of sp³-hybridized carbons (Fsp3) is 0.875. The molecule has 1 saturated carbocycles. The maximum absolute atomic E-state index is 12.2. The molecule has 21 heavy (non-hydrogen) atoms. The van der Waals surface area contributed by atoms with Crippen molar-refractivity contribution in [2.24, 2.45) is 16.7 Å². The molecular formula is C16H28O5. The van der Waals surface area contributed by atoms with Gasteiger partial charge in [-0.1, -0.05) is 13.8 Å². The zero-order valence-corrected chi connectivity index (χ0v) is 13.6. The molecule has 1 aliphatic carbocycles. The van der Waals surface area contributed by atoms with Gasteiger partial charge in [0, 0.05) is 13.7 Å². The highest BCUT2D eigenvalue weighted by atomic mass is 16.5. The molecule has 0 saturated heterocycles. The molecule has 0 amide bonds. The lowest BCUT2D eigenvalue weighted by Crippen LogP contribution is -2.43. The minimum Gasteiger partial charge on any atom is -0.481 e. The summed E-state index contributed by atoms with van der Waals surface area (Å²) in [6.45, 7) is 6.57. The van der Waals surface area contributed by atoms with Gasteiger partial charge < -0.3 is 14.6 Å². The zero-order valence-electron chi connectivity index (χ0n) is 13.6. The molecule has 1 fully saturated rings. The quantitative estimate of drug-likeness (QED) is 0.551. The second-order valence-corrected chi connectivity index (χ2v) is 6.67. The van der Waals surface area contributed by atoms with Gasteiger partial charge in [-0.3, -0.25) is 9.59 Å². The summed E-state index contributed by atoms with van der Waals surface area (Å²) < 4.78 is 10.3. The summed E-state index contributed by atoms with van der Waals surface area (Å²) in [5.41, 5.74) is -1.46. The molecular weight excluding hydrogens is 272 g/mol. The Morgan fingerprint density at radius 3 is 2.29 bits per heavy atom. The number of methoxy groups -OCH3 is 1. The Morgan fingerprint density at radius 1 is 1.14 bits per heavy atom. The SMILES string of the molecule is COCCCCCOC(=O)[C@H]1CC[C@@](C)(C(=O)O)C1(C)C. The average molecular weight is 300 g/mol. The van der Waals surface area contributed by atoms with Gasteiger partial charge in [0.1, 0.15) is 0 Å². The van der Waals surface area contributed by atoms with Crippen LogP contribution in [0.1, 0.15) is 52.9 Å². The first kappa shape index (κ1) is 18.0. The zero-order chi connectivity index (χ0) is 16.1. The highest BCUT2D eigenvalue weighted by Crippen LogP contribution is 2.56. The van der Waals surface area contributed by atoms with E-state index in [-0.39, 0.29) is 11.9 Å². The van der Waals surface area contributed by atoms with E-state index < -0.39 is 16.8 Å². The highest BCUT2D eigenvalue weighted by Gasteiger charge is 2.58. The van der Waals surface area contributed by atoms with Crippen LogP contribution in [0.2, 0.25) is 0 Å². The Labute approximate surface area is 127 Å². The van der Waals surface area contributed by atoms with E-state index in [1.807, 2.05) is 13.8 Å². The Hall–Kier alpha value is -1.10. The van der Waals surface area contributed by atoms with Crippen molar-refractivity contribution < 1.29 is 24.2 Å². The Balaban J connectivity index is 2.47. The van der Waals surface area contributed by atoms with Crippen LogP contribution in [0.5, 0.6) is 0 Å². The number of ether oxygens (including phenoxy) is 2. The topological polar surface area (TPSA) is 72.8 Å². The number of esters is 1. The molecule has 0 aromatic carbocycles. The molecule has 5 nitrogen and oxygen atoms in total. The van der Waals surface area contributed by atoms with Crippen molar-refractivity contribution in [2.75, 3.05) is 20.3 Å². The molecule has 5 heteroatoms. The molecule has 0 aliphatic heterocycles. The van der Waals surface area contributed by atoms with E-state index in [0.717, 1.165) is 25.9 Å². The maximum atomic E-state index is 12.2. The number of unbranched alkanes of at least 4 members (excludes halogenated alkanes) is 2. The summed E-state index contributed by atoms with van der Waals surface area (Å²) in [4.78, 5) is 23.7. The normalized spacial score (nSPS) is 27.5.